The second-order valence-electron chi connectivity index (χ2n) is 8.09. The highest BCUT2D eigenvalue weighted by molar-refractivity contribution is 7.14. The number of halogens is 3. The molecule has 0 fully saturated rings. The molecule has 3 aromatic rings. The standard InChI is InChI=1S/C24H25F3N4O3S/c1-23(29,15-32)22-31-30-21(35-22)17-7-10-20(19(13-17)24(25,26)27)34-12-4-2-3-11-33-18-8-5-16(14-28)6-9-18/h5-10,13,32H,2-4,11-12,15,29H2,1H3/t23-/m0/s1. The van der Waals surface area contributed by atoms with Crippen molar-refractivity contribution in [2.24, 2.45) is 5.73 Å². The van der Waals surface area contributed by atoms with Crippen LogP contribution in [0.5, 0.6) is 11.5 Å². The molecule has 1 atom stereocenters. The van der Waals surface area contributed by atoms with Gasteiger partial charge in [0, 0.05) is 5.56 Å². The third-order valence-corrected chi connectivity index (χ3v) is 6.32. The molecule has 0 aliphatic rings. The molecule has 3 N–H and O–H groups in total. The zero-order valence-corrected chi connectivity index (χ0v) is 19.8. The average molecular weight is 507 g/mol. The van der Waals surface area contributed by atoms with E-state index in [-0.39, 0.29) is 29.5 Å². The molecule has 0 saturated carbocycles. The molecule has 11 heteroatoms. The summed E-state index contributed by atoms with van der Waals surface area (Å²) in [7, 11) is 0. The summed E-state index contributed by atoms with van der Waals surface area (Å²) in [6.07, 6.45) is -2.62. The SMILES string of the molecule is C[C@](N)(CO)c1nnc(-c2ccc(OCCCCCOc3ccc(C#N)cc3)c(C(F)(F)F)c2)s1. The summed E-state index contributed by atoms with van der Waals surface area (Å²) >= 11 is 1.03. The number of nitriles is 1. The number of unbranched alkanes of at least 4 members (excludes halogenated alkanes) is 2. The number of nitrogens with zero attached hydrogens (tertiary/aromatic N) is 3. The van der Waals surface area contributed by atoms with Crippen molar-refractivity contribution in [2.75, 3.05) is 19.8 Å². The first kappa shape index (κ1) is 26.4. The lowest BCUT2D eigenvalue weighted by molar-refractivity contribution is -0.138. The van der Waals surface area contributed by atoms with Gasteiger partial charge in [0.2, 0.25) is 0 Å². The zero-order valence-electron chi connectivity index (χ0n) is 19.0. The van der Waals surface area contributed by atoms with Gasteiger partial charge in [0.25, 0.3) is 0 Å². The van der Waals surface area contributed by atoms with Gasteiger partial charge < -0.3 is 20.3 Å². The van der Waals surface area contributed by atoms with E-state index in [4.69, 9.17) is 20.5 Å². The minimum atomic E-state index is -4.61. The van der Waals surface area contributed by atoms with E-state index in [1.54, 1.807) is 31.2 Å². The summed E-state index contributed by atoms with van der Waals surface area (Å²) in [5, 5.41) is 26.6. The van der Waals surface area contributed by atoms with Gasteiger partial charge in [0.05, 0.1) is 42.6 Å². The molecule has 0 unspecified atom stereocenters. The summed E-state index contributed by atoms with van der Waals surface area (Å²) in [6, 6.07) is 12.6. The lowest BCUT2D eigenvalue weighted by atomic mass is 10.1. The zero-order chi connectivity index (χ0) is 25.5. The maximum absolute atomic E-state index is 13.7. The quantitative estimate of drug-likeness (QED) is 0.356. The lowest BCUT2D eigenvalue weighted by Crippen LogP contribution is -2.36. The van der Waals surface area contributed by atoms with Gasteiger partial charge in [-0.2, -0.15) is 18.4 Å². The number of hydrogen-bond donors (Lipinski definition) is 2. The Bertz CT molecular complexity index is 1160. The highest BCUT2D eigenvalue weighted by atomic mass is 32.1. The number of ether oxygens (including phenoxy) is 2. The molecule has 0 bridgehead atoms. The van der Waals surface area contributed by atoms with E-state index in [0.29, 0.717) is 42.2 Å². The normalized spacial score (nSPS) is 13.2. The molecule has 0 amide bonds. The monoisotopic (exact) mass is 506 g/mol. The molecule has 7 nitrogen and oxygen atoms in total. The van der Waals surface area contributed by atoms with Crippen molar-refractivity contribution in [3.63, 3.8) is 0 Å². The number of hydrogen-bond acceptors (Lipinski definition) is 8. The van der Waals surface area contributed by atoms with Gasteiger partial charge in [0.15, 0.2) is 0 Å². The van der Waals surface area contributed by atoms with Crippen LogP contribution in [0.3, 0.4) is 0 Å². The van der Waals surface area contributed by atoms with E-state index in [0.717, 1.165) is 17.4 Å². The van der Waals surface area contributed by atoms with E-state index in [2.05, 4.69) is 10.2 Å². The first-order valence-corrected chi connectivity index (χ1v) is 11.7. The maximum atomic E-state index is 13.7. The van der Waals surface area contributed by atoms with Gasteiger partial charge in [-0.3, -0.25) is 0 Å². The van der Waals surface area contributed by atoms with Gasteiger partial charge in [-0.25, -0.2) is 0 Å². The Morgan fingerprint density at radius 3 is 2.34 bits per heavy atom. The molecular weight excluding hydrogens is 481 g/mol. The maximum Gasteiger partial charge on any atom is 0.419 e. The van der Waals surface area contributed by atoms with Crippen molar-refractivity contribution in [3.8, 4) is 28.1 Å². The summed E-state index contributed by atoms with van der Waals surface area (Å²) in [5.41, 5.74) is 4.70. The Balaban J connectivity index is 1.54. The van der Waals surface area contributed by atoms with E-state index in [1.807, 2.05) is 6.07 Å². The number of aliphatic hydroxyl groups is 1. The van der Waals surface area contributed by atoms with Crippen LogP contribution in [0.4, 0.5) is 13.2 Å². The van der Waals surface area contributed by atoms with E-state index >= 15 is 0 Å². The fourth-order valence-electron chi connectivity index (χ4n) is 3.03. The van der Waals surface area contributed by atoms with Crippen LogP contribution < -0.4 is 15.2 Å². The molecular formula is C24H25F3N4O3S. The van der Waals surface area contributed by atoms with Crippen LogP contribution in [-0.4, -0.2) is 35.1 Å². The second kappa shape index (κ2) is 11.5. The molecule has 1 heterocycles. The lowest BCUT2D eigenvalue weighted by Gasteiger charge is -2.17. The molecule has 0 aliphatic heterocycles. The Hall–Kier alpha value is -3.20. The largest absolute Gasteiger partial charge is 0.494 e. The third kappa shape index (κ3) is 7.14. The number of benzene rings is 2. The highest BCUT2D eigenvalue weighted by Crippen LogP contribution is 2.39. The third-order valence-electron chi connectivity index (χ3n) is 5.07. The minimum Gasteiger partial charge on any atom is -0.494 e. The molecule has 1 aromatic heterocycles. The van der Waals surface area contributed by atoms with Crippen molar-refractivity contribution >= 4 is 11.3 Å². The Kier molecular flexibility index (Phi) is 8.67. The molecule has 186 valence electrons. The van der Waals surface area contributed by atoms with E-state index in [1.165, 1.54) is 12.1 Å². The first-order valence-electron chi connectivity index (χ1n) is 10.8. The van der Waals surface area contributed by atoms with Crippen LogP contribution in [0.2, 0.25) is 0 Å². The molecule has 35 heavy (non-hydrogen) atoms. The number of aliphatic hydroxyl groups excluding tert-OH is 1. The van der Waals surface area contributed by atoms with Gasteiger partial charge in [-0.15, -0.1) is 10.2 Å². The fourth-order valence-corrected chi connectivity index (χ4v) is 3.92. The first-order chi connectivity index (χ1) is 16.6. The summed E-state index contributed by atoms with van der Waals surface area (Å²) < 4.78 is 52.1. The summed E-state index contributed by atoms with van der Waals surface area (Å²) in [4.78, 5) is 0. The van der Waals surface area contributed by atoms with Crippen molar-refractivity contribution in [3.05, 3.63) is 58.6 Å². The number of rotatable bonds is 11. The van der Waals surface area contributed by atoms with Crippen molar-refractivity contribution in [2.45, 2.75) is 37.9 Å². The van der Waals surface area contributed by atoms with Gasteiger partial charge in [-0.05, 0) is 68.7 Å². The number of nitrogens with two attached hydrogens (primary N) is 1. The summed E-state index contributed by atoms with van der Waals surface area (Å²) in [6.45, 7) is 1.78. The molecule has 2 aromatic carbocycles. The van der Waals surface area contributed by atoms with Crippen molar-refractivity contribution < 1.29 is 27.8 Å². The smallest absolute Gasteiger partial charge is 0.419 e. The number of alkyl halides is 3. The molecule has 3 rings (SSSR count). The summed E-state index contributed by atoms with van der Waals surface area (Å²) in [5.74, 6) is 0.406. The van der Waals surface area contributed by atoms with Crippen LogP contribution in [0, 0.1) is 11.3 Å². The second-order valence-corrected chi connectivity index (χ2v) is 9.07. The van der Waals surface area contributed by atoms with E-state index in [9.17, 15) is 18.3 Å². The Morgan fingerprint density at radius 2 is 1.71 bits per heavy atom. The van der Waals surface area contributed by atoms with Crippen LogP contribution >= 0.6 is 11.3 Å². The fraction of sp³-hybridized carbons (Fsp3) is 0.375. The van der Waals surface area contributed by atoms with Gasteiger partial charge in [-0.1, -0.05) is 11.3 Å². The van der Waals surface area contributed by atoms with Gasteiger partial charge >= 0.3 is 6.18 Å². The van der Waals surface area contributed by atoms with E-state index < -0.39 is 17.3 Å². The molecule has 0 saturated heterocycles. The van der Waals surface area contributed by atoms with Crippen molar-refractivity contribution in [1.29, 1.82) is 5.26 Å². The predicted octanol–water partition coefficient (Wildman–Crippen LogP) is 4.89. The molecule has 0 aliphatic carbocycles. The number of aromatic nitrogens is 2. The Labute approximate surface area is 204 Å². The topological polar surface area (TPSA) is 114 Å². The van der Waals surface area contributed by atoms with Crippen LogP contribution in [-0.2, 0) is 11.7 Å². The molecule has 0 spiro atoms. The Morgan fingerprint density at radius 1 is 1.03 bits per heavy atom. The highest BCUT2D eigenvalue weighted by Gasteiger charge is 2.35. The van der Waals surface area contributed by atoms with Crippen molar-refractivity contribution in [1.82, 2.24) is 10.2 Å². The van der Waals surface area contributed by atoms with Crippen LogP contribution in [0.15, 0.2) is 42.5 Å². The molecule has 0 radical (unpaired) electrons. The minimum absolute atomic E-state index is 0.129. The predicted molar refractivity (Wildman–Crippen MR) is 125 cm³/mol. The van der Waals surface area contributed by atoms with Crippen LogP contribution in [0.1, 0.15) is 42.3 Å². The van der Waals surface area contributed by atoms with Gasteiger partial charge in [0.1, 0.15) is 21.5 Å². The average Bonchev–Trinajstić information content (AvgIpc) is 3.34. The van der Waals surface area contributed by atoms with Crippen LogP contribution in [0.25, 0.3) is 10.6 Å².